The molecule has 1 aromatic carbocycles. The average Bonchev–Trinajstić information content (AvgIpc) is 2.43. The number of benzene rings is 1. The van der Waals surface area contributed by atoms with Gasteiger partial charge in [-0.3, -0.25) is 4.98 Å². The molecule has 2 heterocycles. The Morgan fingerprint density at radius 3 is 2.89 bits per heavy atom. The van der Waals surface area contributed by atoms with E-state index in [2.05, 4.69) is 29.9 Å². The predicted molar refractivity (Wildman–Crippen MR) is 77.0 cm³/mol. The third kappa shape index (κ3) is 2.13. The quantitative estimate of drug-likeness (QED) is 0.852. The van der Waals surface area contributed by atoms with Gasteiger partial charge in [0.15, 0.2) is 0 Å². The fourth-order valence-electron chi connectivity index (χ4n) is 3.06. The molecule has 3 nitrogen and oxygen atoms in total. The summed E-state index contributed by atoms with van der Waals surface area (Å²) in [6.07, 6.45) is 5.23. The van der Waals surface area contributed by atoms with Gasteiger partial charge in [0.05, 0.1) is 5.60 Å². The van der Waals surface area contributed by atoms with E-state index in [1.54, 1.807) is 0 Å². The molecule has 1 aliphatic heterocycles. The van der Waals surface area contributed by atoms with Crippen LogP contribution in [0.25, 0.3) is 10.8 Å². The molecule has 1 N–H and O–H groups in total. The molecule has 2 atom stereocenters. The van der Waals surface area contributed by atoms with Crippen LogP contribution in [0.15, 0.2) is 36.7 Å². The van der Waals surface area contributed by atoms with Crippen molar-refractivity contribution in [3.63, 3.8) is 0 Å². The summed E-state index contributed by atoms with van der Waals surface area (Å²) in [6.45, 7) is 3.09. The molecule has 100 valence electrons. The highest BCUT2D eigenvalue weighted by Crippen LogP contribution is 2.38. The molecule has 0 aliphatic carbocycles. The number of pyridine rings is 1. The van der Waals surface area contributed by atoms with Crippen molar-refractivity contribution < 1.29 is 5.11 Å². The standard InChI is InChI=1S/C16H20N2O/c1-12-9-16(19,7-8-18(12)2)15-11-17-10-13-5-3-4-6-14(13)15/h3-6,10-12,19H,7-9H2,1-2H3. The van der Waals surface area contributed by atoms with Crippen molar-refractivity contribution in [2.24, 2.45) is 0 Å². The maximum absolute atomic E-state index is 11.1. The summed E-state index contributed by atoms with van der Waals surface area (Å²) in [4.78, 5) is 6.60. The lowest BCUT2D eigenvalue weighted by Gasteiger charge is -2.41. The summed E-state index contributed by atoms with van der Waals surface area (Å²) in [5, 5.41) is 13.3. The lowest BCUT2D eigenvalue weighted by molar-refractivity contribution is -0.0399. The highest BCUT2D eigenvalue weighted by atomic mass is 16.3. The van der Waals surface area contributed by atoms with Crippen molar-refractivity contribution in [3.05, 3.63) is 42.2 Å². The van der Waals surface area contributed by atoms with Crippen LogP contribution in [-0.4, -0.2) is 34.6 Å². The first-order valence-corrected chi connectivity index (χ1v) is 6.86. The van der Waals surface area contributed by atoms with Crippen molar-refractivity contribution in [2.75, 3.05) is 13.6 Å². The van der Waals surface area contributed by atoms with E-state index >= 15 is 0 Å². The van der Waals surface area contributed by atoms with Crippen LogP contribution in [0.2, 0.25) is 0 Å². The largest absolute Gasteiger partial charge is 0.385 e. The molecular weight excluding hydrogens is 236 g/mol. The van der Waals surface area contributed by atoms with Crippen LogP contribution in [0, 0.1) is 0 Å². The minimum atomic E-state index is -0.750. The van der Waals surface area contributed by atoms with Crippen molar-refractivity contribution in [1.29, 1.82) is 0 Å². The van der Waals surface area contributed by atoms with Crippen LogP contribution in [0.5, 0.6) is 0 Å². The maximum Gasteiger partial charge on any atom is 0.0944 e. The van der Waals surface area contributed by atoms with E-state index in [1.807, 2.05) is 30.6 Å². The van der Waals surface area contributed by atoms with Crippen LogP contribution in [0.4, 0.5) is 0 Å². The van der Waals surface area contributed by atoms with Crippen LogP contribution in [0.1, 0.15) is 25.3 Å². The highest BCUT2D eigenvalue weighted by Gasteiger charge is 2.37. The molecule has 1 fully saturated rings. The molecular formula is C16H20N2O. The van der Waals surface area contributed by atoms with E-state index < -0.39 is 5.60 Å². The first kappa shape index (κ1) is 12.6. The molecule has 2 unspecified atom stereocenters. The second-order valence-corrected chi connectivity index (χ2v) is 5.72. The molecule has 2 aromatic rings. The molecule has 0 radical (unpaired) electrons. The van der Waals surface area contributed by atoms with Gasteiger partial charge < -0.3 is 10.0 Å². The summed E-state index contributed by atoms with van der Waals surface area (Å²) < 4.78 is 0. The van der Waals surface area contributed by atoms with E-state index in [0.29, 0.717) is 6.04 Å². The third-order valence-electron chi connectivity index (χ3n) is 4.43. The van der Waals surface area contributed by atoms with Gasteiger partial charge in [0.1, 0.15) is 0 Å². The van der Waals surface area contributed by atoms with Crippen molar-refractivity contribution in [1.82, 2.24) is 9.88 Å². The van der Waals surface area contributed by atoms with Gasteiger partial charge in [-0.15, -0.1) is 0 Å². The summed E-state index contributed by atoms with van der Waals surface area (Å²) in [7, 11) is 2.12. The maximum atomic E-state index is 11.1. The molecule has 19 heavy (non-hydrogen) atoms. The van der Waals surface area contributed by atoms with Gasteiger partial charge in [-0.1, -0.05) is 24.3 Å². The number of hydrogen-bond donors (Lipinski definition) is 1. The number of rotatable bonds is 1. The Morgan fingerprint density at radius 1 is 1.32 bits per heavy atom. The Labute approximate surface area is 113 Å². The number of piperidine rings is 1. The zero-order valence-corrected chi connectivity index (χ0v) is 11.5. The molecule has 3 heteroatoms. The normalized spacial score (nSPS) is 28.7. The number of nitrogens with zero attached hydrogens (tertiary/aromatic N) is 2. The fraction of sp³-hybridized carbons (Fsp3) is 0.438. The van der Waals surface area contributed by atoms with Gasteiger partial charge in [-0.05, 0) is 32.2 Å². The number of fused-ring (bicyclic) bond motifs is 1. The van der Waals surface area contributed by atoms with Gasteiger partial charge in [0.25, 0.3) is 0 Å². The van der Waals surface area contributed by atoms with Gasteiger partial charge in [-0.2, -0.15) is 0 Å². The first-order chi connectivity index (χ1) is 9.10. The minimum Gasteiger partial charge on any atom is -0.385 e. The second-order valence-electron chi connectivity index (χ2n) is 5.72. The summed E-state index contributed by atoms with van der Waals surface area (Å²) >= 11 is 0. The highest BCUT2D eigenvalue weighted by molar-refractivity contribution is 5.85. The van der Waals surface area contributed by atoms with E-state index in [4.69, 9.17) is 0 Å². The zero-order chi connectivity index (χ0) is 13.5. The van der Waals surface area contributed by atoms with Gasteiger partial charge in [-0.25, -0.2) is 0 Å². The van der Waals surface area contributed by atoms with Crippen LogP contribution in [0.3, 0.4) is 0 Å². The van der Waals surface area contributed by atoms with E-state index in [0.717, 1.165) is 35.7 Å². The molecule has 1 saturated heterocycles. The summed E-state index contributed by atoms with van der Waals surface area (Å²) in [6, 6.07) is 8.54. The van der Waals surface area contributed by atoms with Crippen LogP contribution in [-0.2, 0) is 5.60 Å². The number of aromatic nitrogens is 1. The van der Waals surface area contributed by atoms with E-state index in [-0.39, 0.29) is 0 Å². The topological polar surface area (TPSA) is 36.4 Å². The molecule has 0 saturated carbocycles. The van der Waals surface area contributed by atoms with Crippen molar-refractivity contribution in [2.45, 2.75) is 31.4 Å². The summed E-state index contributed by atoms with van der Waals surface area (Å²) in [5.41, 5.74) is 0.227. The van der Waals surface area contributed by atoms with Gasteiger partial charge in [0, 0.05) is 35.9 Å². The predicted octanol–water partition coefficient (Wildman–Crippen LogP) is 2.54. The molecule has 1 aliphatic rings. The molecule has 0 spiro atoms. The molecule has 3 rings (SSSR count). The van der Waals surface area contributed by atoms with Gasteiger partial charge >= 0.3 is 0 Å². The van der Waals surface area contributed by atoms with Crippen molar-refractivity contribution >= 4 is 10.8 Å². The van der Waals surface area contributed by atoms with E-state index in [9.17, 15) is 5.11 Å². The zero-order valence-electron chi connectivity index (χ0n) is 11.5. The number of hydrogen-bond acceptors (Lipinski definition) is 3. The smallest absolute Gasteiger partial charge is 0.0944 e. The summed E-state index contributed by atoms with van der Waals surface area (Å²) in [5.74, 6) is 0. The Hall–Kier alpha value is -1.45. The average molecular weight is 256 g/mol. The van der Waals surface area contributed by atoms with Crippen LogP contribution >= 0.6 is 0 Å². The van der Waals surface area contributed by atoms with Gasteiger partial charge in [0.2, 0.25) is 0 Å². The van der Waals surface area contributed by atoms with Crippen LogP contribution < -0.4 is 0 Å². The molecule has 1 aromatic heterocycles. The van der Waals surface area contributed by atoms with Crippen molar-refractivity contribution in [3.8, 4) is 0 Å². The molecule has 0 amide bonds. The monoisotopic (exact) mass is 256 g/mol. The minimum absolute atomic E-state index is 0.387. The first-order valence-electron chi connectivity index (χ1n) is 6.86. The second kappa shape index (κ2) is 4.58. The fourth-order valence-corrected chi connectivity index (χ4v) is 3.06. The Kier molecular flexibility index (Phi) is 3.03. The lowest BCUT2D eigenvalue weighted by Crippen LogP contribution is -2.46. The van der Waals surface area contributed by atoms with E-state index in [1.165, 1.54) is 0 Å². The SMILES string of the molecule is CC1CC(O)(c2cncc3ccccc23)CCN1C. The Morgan fingerprint density at radius 2 is 2.11 bits per heavy atom. The Balaban J connectivity index is 2.09. The molecule has 0 bridgehead atoms. The number of likely N-dealkylation sites (tertiary alicyclic amines) is 1. The number of aliphatic hydroxyl groups is 1. The lowest BCUT2D eigenvalue weighted by atomic mass is 9.80. The Bertz CT molecular complexity index is 593. The third-order valence-corrected chi connectivity index (χ3v) is 4.43.